The number of hydrogen-bond acceptors (Lipinski definition) is 4. The Morgan fingerprint density at radius 1 is 1.70 bits per heavy atom. The second kappa shape index (κ2) is 2.57. The van der Waals surface area contributed by atoms with Crippen molar-refractivity contribution in [2.45, 2.75) is 13.5 Å². The van der Waals surface area contributed by atoms with Crippen molar-refractivity contribution < 1.29 is 9.90 Å². The van der Waals surface area contributed by atoms with Crippen molar-refractivity contribution in [1.29, 1.82) is 0 Å². The lowest BCUT2D eigenvalue weighted by molar-refractivity contribution is 0.101. The molecule has 0 fully saturated rings. The van der Waals surface area contributed by atoms with Crippen LogP contribution in [0.5, 0.6) is 0 Å². The minimum absolute atomic E-state index is 0.196. The molecule has 54 valence electrons. The van der Waals surface area contributed by atoms with Gasteiger partial charge in [-0.25, -0.2) is 0 Å². The first-order valence-electron chi connectivity index (χ1n) is 2.77. The number of aliphatic hydroxyl groups is 1. The maximum atomic E-state index is 10.7. The predicted octanol–water partition coefficient (Wildman–Crippen LogP) is -0.500. The quantitative estimate of drug-likeness (QED) is 0.544. The number of aromatic amines is 1. The van der Waals surface area contributed by atoms with E-state index in [1.807, 2.05) is 0 Å². The zero-order valence-electron chi connectivity index (χ0n) is 5.46. The summed E-state index contributed by atoms with van der Waals surface area (Å²) in [5.74, 6) is -0.196. The molecule has 10 heavy (non-hydrogen) atoms. The first kappa shape index (κ1) is 6.88. The van der Waals surface area contributed by atoms with E-state index in [9.17, 15) is 4.79 Å². The SMILES string of the molecule is CC(=O)c1n[nH]nc1CO. The molecule has 1 heterocycles. The van der Waals surface area contributed by atoms with Crippen LogP contribution in [0.15, 0.2) is 0 Å². The second-order valence-corrected chi connectivity index (χ2v) is 1.83. The predicted molar refractivity (Wildman–Crippen MR) is 32.3 cm³/mol. The first-order valence-corrected chi connectivity index (χ1v) is 2.77. The van der Waals surface area contributed by atoms with Gasteiger partial charge in [-0.3, -0.25) is 4.79 Å². The van der Waals surface area contributed by atoms with Gasteiger partial charge in [0, 0.05) is 6.92 Å². The Kier molecular flexibility index (Phi) is 1.77. The number of Topliss-reactive ketones (excluding diaryl/α,β-unsaturated/α-hetero) is 1. The molecule has 2 N–H and O–H groups in total. The summed E-state index contributed by atoms with van der Waals surface area (Å²) in [4.78, 5) is 10.7. The van der Waals surface area contributed by atoms with Crippen LogP contribution in [0.4, 0.5) is 0 Å². The van der Waals surface area contributed by atoms with Crippen LogP contribution < -0.4 is 0 Å². The fourth-order valence-electron chi connectivity index (χ4n) is 0.645. The van der Waals surface area contributed by atoms with E-state index in [-0.39, 0.29) is 18.1 Å². The van der Waals surface area contributed by atoms with Gasteiger partial charge in [-0.05, 0) is 0 Å². The summed E-state index contributed by atoms with van der Waals surface area (Å²) >= 11 is 0. The number of nitrogens with zero attached hydrogens (tertiary/aromatic N) is 2. The van der Waals surface area contributed by atoms with Gasteiger partial charge in [-0.15, -0.1) is 0 Å². The number of rotatable bonds is 2. The standard InChI is InChI=1S/C5H7N3O2/c1-3(10)5-4(2-9)6-8-7-5/h9H,2H2,1H3,(H,6,7,8). The van der Waals surface area contributed by atoms with Crippen molar-refractivity contribution in [3.05, 3.63) is 11.4 Å². The molecule has 5 nitrogen and oxygen atoms in total. The van der Waals surface area contributed by atoms with Gasteiger partial charge in [-0.2, -0.15) is 15.4 Å². The van der Waals surface area contributed by atoms with Gasteiger partial charge in [0.25, 0.3) is 0 Å². The van der Waals surface area contributed by atoms with Crippen molar-refractivity contribution in [2.24, 2.45) is 0 Å². The highest BCUT2D eigenvalue weighted by Gasteiger charge is 2.09. The molecule has 0 saturated carbocycles. The van der Waals surface area contributed by atoms with E-state index in [0.717, 1.165) is 0 Å². The number of carbonyl (C=O) groups excluding carboxylic acids is 1. The molecule has 0 atom stereocenters. The summed E-state index contributed by atoms with van der Waals surface area (Å²) in [5, 5.41) is 17.9. The van der Waals surface area contributed by atoms with Gasteiger partial charge < -0.3 is 5.11 Å². The average molecular weight is 141 g/mol. The maximum Gasteiger partial charge on any atom is 0.182 e. The Morgan fingerprint density at radius 2 is 2.40 bits per heavy atom. The minimum Gasteiger partial charge on any atom is -0.390 e. The summed E-state index contributed by atoms with van der Waals surface area (Å²) in [5.41, 5.74) is 0.509. The molecule has 0 amide bonds. The zero-order chi connectivity index (χ0) is 7.56. The van der Waals surface area contributed by atoms with Crippen LogP contribution in [-0.4, -0.2) is 26.3 Å². The number of hydrogen-bond donors (Lipinski definition) is 2. The van der Waals surface area contributed by atoms with Crippen molar-refractivity contribution in [1.82, 2.24) is 15.4 Å². The zero-order valence-corrected chi connectivity index (χ0v) is 5.46. The fourth-order valence-corrected chi connectivity index (χ4v) is 0.645. The largest absolute Gasteiger partial charge is 0.390 e. The molecular formula is C5H7N3O2. The van der Waals surface area contributed by atoms with E-state index in [2.05, 4.69) is 15.4 Å². The molecular weight excluding hydrogens is 134 g/mol. The maximum absolute atomic E-state index is 10.7. The van der Waals surface area contributed by atoms with Crippen molar-refractivity contribution in [3.8, 4) is 0 Å². The molecule has 0 saturated heterocycles. The average Bonchev–Trinajstić information content (AvgIpc) is 2.33. The van der Waals surface area contributed by atoms with Gasteiger partial charge in [0.15, 0.2) is 11.5 Å². The van der Waals surface area contributed by atoms with E-state index in [1.54, 1.807) is 0 Å². The van der Waals surface area contributed by atoms with Crippen LogP contribution in [0.25, 0.3) is 0 Å². The molecule has 0 aliphatic carbocycles. The molecule has 1 rings (SSSR count). The second-order valence-electron chi connectivity index (χ2n) is 1.83. The van der Waals surface area contributed by atoms with E-state index >= 15 is 0 Å². The van der Waals surface area contributed by atoms with Gasteiger partial charge in [0.2, 0.25) is 0 Å². The Morgan fingerprint density at radius 3 is 2.80 bits per heavy atom. The number of H-pyrrole nitrogens is 1. The van der Waals surface area contributed by atoms with Crippen LogP contribution in [0.2, 0.25) is 0 Å². The minimum atomic E-state index is -0.259. The van der Waals surface area contributed by atoms with Gasteiger partial charge in [0.1, 0.15) is 5.69 Å². The molecule has 5 heteroatoms. The summed E-state index contributed by atoms with van der Waals surface area (Å²) in [6.07, 6.45) is 0. The highest BCUT2D eigenvalue weighted by molar-refractivity contribution is 5.92. The van der Waals surface area contributed by atoms with Crippen molar-refractivity contribution in [3.63, 3.8) is 0 Å². The first-order chi connectivity index (χ1) is 4.75. The Bertz CT molecular complexity index is 243. The Hall–Kier alpha value is -1.23. The molecule has 0 radical (unpaired) electrons. The van der Waals surface area contributed by atoms with Crippen LogP contribution >= 0.6 is 0 Å². The fraction of sp³-hybridized carbons (Fsp3) is 0.400. The van der Waals surface area contributed by atoms with Crippen molar-refractivity contribution >= 4 is 5.78 Å². The Balaban J connectivity index is 3.01. The molecule has 0 bridgehead atoms. The smallest absolute Gasteiger partial charge is 0.182 e. The molecule has 0 unspecified atom stereocenters. The van der Waals surface area contributed by atoms with Crippen molar-refractivity contribution in [2.75, 3.05) is 0 Å². The molecule has 1 aromatic heterocycles. The summed E-state index contributed by atoms with van der Waals surface area (Å²) in [7, 11) is 0. The topological polar surface area (TPSA) is 78.9 Å². The summed E-state index contributed by atoms with van der Waals surface area (Å²) in [6.45, 7) is 1.11. The lowest BCUT2D eigenvalue weighted by Crippen LogP contribution is -1.98. The van der Waals surface area contributed by atoms with Crippen LogP contribution in [0.3, 0.4) is 0 Å². The third-order valence-corrected chi connectivity index (χ3v) is 1.10. The molecule has 0 aliphatic heterocycles. The molecule has 1 aromatic rings. The monoisotopic (exact) mass is 141 g/mol. The number of carbonyl (C=O) groups is 1. The van der Waals surface area contributed by atoms with E-state index < -0.39 is 0 Å². The molecule has 0 spiro atoms. The normalized spacial score (nSPS) is 9.80. The van der Waals surface area contributed by atoms with E-state index in [0.29, 0.717) is 5.69 Å². The van der Waals surface area contributed by atoms with Crippen LogP contribution in [-0.2, 0) is 6.61 Å². The van der Waals surface area contributed by atoms with Gasteiger partial charge in [-0.1, -0.05) is 0 Å². The number of aromatic nitrogens is 3. The van der Waals surface area contributed by atoms with Crippen LogP contribution in [0.1, 0.15) is 23.1 Å². The van der Waals surface area contributed by atoms with E-state index in [1.165, 1.54) is 6.92 Å². The van der Waals surface area contributed by atoms with E-state index in [4.69, 9.17) is 5.11 Å². The lowest BCUT2D eigenvalue weighted by atomic mass is 10.2. The summed E-state index contributed by atoms with van der Waals surface area (Å²) in [6, 6.07) is 0. The molecule has 0 aromatic carbocycles. The number of nitrogens with one attached hydrogen (secondary N) is 1. The van der Waals surface area contributed by atoms with Gasteiger partial charge >= 0.3 is 0 Å². The van der Waals surface area contributed by atoms with Gasteiger partial charge in [0.05, 0.1) is 6.61 Å². The lowest BCUT2D eigenvalue weighted by Gasteiger charge is -1.87. The number of aliphatic hydroxyl groups excluding tert-OH is 1. The summed E-state index contributed by atoms with van der Waals surface area (Å²) < 4.78 is 0. The molecule has 0 aliphatic rings. The highest BCUT2D eigenvalue weighted by atomic mass is 16.3. The Labute approximate surface area is 57.1 Å². The number of ketones is 1. The highest BCUT2D eigenvalue weighted by Crippen LogP contribution is 2.00. The van der Waals surface area contributed by atoms with Crippen LogP contribution in [0, 0.1) is 0 Å². The third-order valence-electron chi connectivity index (χ3n) is 1.10. The third kappa shape index (κ3) is 1.03.